The molecule has 0 heterocycles. The van der Waals surface area contributed by atoms with E-state index in [0.29, 0.717) is 11.3 Å². The number of anilines is 1. The zero-order chi connectivity index (χ0) is 16.2. The summed E-state index contributed by atoms with van der Waals surface area (Å²) in [5, 5.41) is 5.55. The first-order valence-corrected chi connectivity index (χ1v) is 6.71. The molecule has 5 nitrogen and oxygen atoms in total. The Kier molecular flexibility index (Phi) is 5.29. The van der Waals surface area contributed by atoms with Crippen molar-refractivity contribution in [2.75, 3.05) is 5.32 Å². The highest BCUT2D eigenvalue weighted by Gasteiger charge is 2.22. The summed E-state index contributed by atoms with van der Waals surface area (Å²) in [6, 6.07) is 3.41. The minimum Gasteiger partial charge on any atom is -0.373 e. The van der Waals surface area contributed by atoms with Gasteiger partial charge in [0.05, 0.1) is 6.42 Å². The van der Waals surface area contributed by atoms with Crippen LogP contribution in [0.15, 0.2) is 18.2 Å². The minimum absolute atomic E-state index is 0.109. The van der Waals surface area contributed by atoms with Crippen molar-refractivity contribution in [2.45, 2.75) is 45.7 Å². The van der Waals surface area contributed by atoms with Crippen LogP contribution < -0.4 is 16.4 Å². The van der Waals surface area contributed by atoms with Crippen molar-refractivity contribution in [3.63, 3.8) is 0 Å². The van der Waals surface area contributed by atoms with E-state index in [9.17, 15) is 14.0 Å². The smallest absolute Gasteiger partial charge is 0.240 e. The van der Waals surface area contributed by atoms with E-state index in [1.54, 1.807) is 13.0 Å². The number of amides is 2. The number of carbonyl (C=O) groups is 2. The van der Waals surface area contributed by atoms with Crippen LogP contribution in [-0.4, -0.2) is 23.4 Å². The fourth-order valence-electron chi connectivity index (χ4n) is 1.90. The van der Waals surface area contributed by atoms with Gasteiger partial charge in [0.25, 0.3) is 0 Å². The van der Waals surface area contributed by atoms with Gasteiger partial charge < -0.3 is 16.4 Å². The van der Waals surface area contributed by atoms with E-state index in [-0.39, 0.29) is 12.3 Å². The maximum atomic E-state index is 13.3. The lowest BCUT2D eigenvalue weighted by atomic mass is 10.1. The van der Waals surface area contributed by atoms with Gasteiger partial charge in [0.2, 0.25) is 11.8 Å². The lowest BCUT2D eigenvalue weighted by Crippen LogP contribution is -2.45. The van der Waals surface area contributed by atoms with E-state index < -0.39 is 23.3 Å². The van der Waals surface area contributed by atoms with Crippen molar-refractivity contribution >= 4 is 17.5 Å². The Balaban J connectivity index is 2.78. The molecule has 4 N–H and O–H groups in total. The molecule has 0 saturated carbocycles. The van der Waals surface area contributed by atoms with E-state index in [2.05, 4.69) is 10.6 Å². The Morgan fingerprint density at radius 1 is 1.29 bits per heavy atom. The Labute approximate surface area is 124 Å². The number of rotatable bonds is 5. The third kappa shape index (κ3) is 6.25. The molecule has 1 rings (SSSR count). The summed E-state index contributed by atoms with van der Waals surface area (Å²) in [7, 11) is 0. The standard InChI is InChI=1S/C15H22FN3O2/c1-9-5-10(16)7-11(6-9)18-12(14(17)21)8-13(20)19-15(2,3)4/h5-7,12,18H,8H2,1-4H3,(H2,17,21)(H,19,20). The molecule has 0 aliphatic rings. The van der Waals surface area contributed by atoms with Crippen LogP contribution in [0.1, 0.15) is 32.8 Å². The number of primary amides is 1. The predicted molar refractivity (Wildman–Crippen MR) is 80.3 cm³/mol. The summed E-state index contributed by atoms with van der Waals surface area (Å²) in [4.78, 5) is 23.3. The van der Waals surface area contributed by atoms with E-state index in [1.165, 1.54) is 12.1 Å². The average molecular weight is 295 g/mol. The van der Waals surface area contributed by atoms with Crippen molar-refractivity contribution in [3.8, 4) is 0 Å². The highest BCUT2D eigenvalue weighted by molar-refractivity contribution is 5.89. The maximum absolute atomic E-state index is 13.3. The first-order chi connectivity index (χ1) is 9.56. The number of nitrogens with one attached hydrogen (secondary N) is 2. The number of hydrogen-bond acceptors (Lipinski definition) is 3. The number of nitrogens with two attached hydrogens (primary N) is 1. The monoisotopic (exact) mass is 295 g/mol. The molecule has 0 fully saturated rings. The summed E-state index contributed by atoms with van der Waals surface area (Å²) >= 11 is 0. The largest absolute Gasteiger partial charge is 0.373 e. The SMILES string of the molecule is Cc1cc(F)cc(NC(CC(=O)NC(C)(C)C)C(N)=O)c1. The fraction of sp³-hybridized carbons (Fsp3) is 0.467. The van der Waals surface area contributed by atoms with Gasteiger partial charge in [-0.05, 0) is 51.5 Å². The van der Waals surface area contributed by atoms with Crippen LogP contribution in [0.2, 0.25) is 0 Å². The van der Waals surface area contributed by atoms with E-state index in [0.717, 1.165) is 0 Å². The molecule has 0 spiro atoms. The molecule has 0 aliphatic heterocycles. The van der Waals surface area contributed by atoms with Gasteiger partial charge in [-0.1, -0.05) is 0 Å². The second-order valence-electron chi connectivity index (χ2n) is 6.12. The highest BCUT2D eigenvalue weighted by Crippen LogP contribution is 2.15. The summed E-state index contributed by atoms with van der Waals surface area (Å²) < 4.78 is 13.3. The summed E-state index contributed by atoms with van der Waals surface area (Å²) in [6.07, 6.45) is -0.109. The van der Waals surface area contributed by atoms with Crippen LogP contribution >= 0.6 is 0 Å². The van der Waals surface area contributed by atoms with Crippen molar-refractivity contribution in [1.82, 2.24) is 5.32 Å². The van der Waals surface area contributed by atoms with Crippen LogP contribution in [0.25, 0.3) is 0 Å². The van der Waals surface area contributed by atoms with Gasteiger partial charge in [0, 0.05) is 11.2 Å². The summed E-state index contributed by atoms with van der Waals surface area (Å²) in [5.74, 6) is -1.38. The van der Waals surface area contributed by atoms with E-state index in [4.69, 9.17) is 5.73 Å². The van der Waals surface area contributed by atoms with Crippen molar-refractivity contribution in [3.05, 3.63) is 29.6 Å². The minimum atomic E-state index is -0.895. The van der Waals surface area contributed by atoms with Gasteiger partial charge in [0.1, 0.15) is 11.9 Å². The summed E-state index contributed by atoms with van der Waals surface area (Å²) in [5.41, 5.74) is 6.03. The van der Waals surface area contributed by atoms with Crippen LogP contribution in [0, 0.1) is 12.7 Å². The second kappa shape index (κ2) is 6.56. The Bertz CT molecular complexity index is 518. The molecular formula is C15H22FN3O2. The first-order valence-electron chi connectivity index (χ1n) is 6.71. The van der Waals surface area contributed by atoms with E-state index in [1.807, 2.05) is 20.8 Å². The summed E-state index contributed by atoms with van der Waals surface area (Å²) in [6.45, 7) is 7.26. The van der Waals surface area contributed by atoms with Gasteiger partial charge in [-0.15, -0.1) is 0 Å². The number of halogens is 1. The Morgan fingerprint density at radius 2 is 1.90 bits per heavy atom. The van der Waals surface area contributed by atoms with Crippen LogP contribution in [-0.2, 0) is 9.59 Å². The maximum Gasteiger partial charge on any atom is 0.240 e. The first kappa shape index (κ1) is 16.9. The molecular weight excluding hydrogens is 273 g/mol. The lowest BCUT2D eigenvalue weighted by Gasteiger charge is -2.23. The van der Waals surface area contributed by atoms with Gasteiger partial charge >= 0.3 is 0 Å². The number of carbonyl (C=O) groups excluding carboxylic acids is 2. The second-order valence-corrected chi connectivity index (χ2v) is 6.12. The molecule has 0 aromatic heterocycles. The third-order valence-corrected chi connectivity index (χ3v) is 2.63. The van der Waals surface area contributed by atoms with Crippen molar-refractivity contribution in [1.29, 1.82) is 0 Å². The molecule has 0 saturated heterocycles. The molecule has 116 valence electrons. The normalized spacial score (nSPS) is 12.6. The van der Waals surface area contributed by atoms with Crippen LogP contribution in [0.3, 0.4) is 0 Å². The zero-order valence-corrected chi connectivity index (χ0v) is 12.8. The fourth-order valence-corrected chi connectivity index (χ4v) is 1.90. The Morgan fingerprint density at radius 3 is 2.38 bits per heavy atom. The molecule has 6 heteroatoms. The molecule has 2 amide bonds. The molecule has 1 aromatic carbocycles. The number of benzene rings is 1. The van der Waals surface area contributed by atoms with Gasteiger partial charge in [-0.2, -0.15) is 0 Å². The Hall–Kier alpha value is -2.11. The van der Waals surface area contributed by atoms with Crippen LogP contribution in [0.5, 0.6) is 0 Å². The molecule has 0 radical (unpaired) electrons. The number of hydrogen-bond donors (Lipinski definition) is 3. The zero-order valence-electron chi connectivity index (χ0n) is 12.8. The van der Waals surface area contributed by atoms with Crippen LogP contribution in [0.4, 0.5) is 10.1 Å². The molecule has 1 unspecified atom stereocenters. The highest BCUT2D eigenvalue weighted by atomic mass is 19.1. The topological polar surface area (TPSA) is 84.2 Å². The average Bonchev–Trinajstić information content (AvgIpc) is 2.23. The third-order valence-electron chi connectivity index (χ3n) is 2.63. The van der Waals surface area contributed by atoms with Gasteiger partial charge in [0.15, 0.2) is 0 Å². The van der Waals surface area contributed by atoms with Gasteiger partial charge in [-0.25, -0.2) is 4.39 Å². The molecule has 1 aromatic rings. The molecule has 0 bridgehead atoms. The predicted octanol–water partition coefficient (Wildman–Crippen LogP) is 1.70. The lowest BCUT2D eigenvalue weighted by molar-refractivity contribution is -0.126. The van der Waals surface area contributed by atoms with Crippen molar-refractivity contribution < 1.29 is 14.0 Å². The van der Waals surface area contributed by atoms with Crippen molar-refractivity contribution in [2.24, 2.45) is 5.73 Å². The van der Waals surface area contributed by atoms with E-state index >= 15 is 0 Å². The molecule has 0 aliphatic carbocycles. The molecule has 21 heavy (non-hydrogen) atoms. The van der Waals surface area contributed by atoms with Gasteiger partial charge in [-0.3, -0.25) is 9.59 Å². The number of aryl methyl sites for hydroxylation is 1. The quantitative estimate of drug-likeness (QED) is 0.773. The molecule has 1 atom stereocenters.